The molecule has 3 N–H and O–H groups in total. The van der Waals surface area contributed by atoms with Crippen LogP contribution in [0.15, 0.2) is 35.5 Å². The lowest BCUT2D eigenvalue weighted by Gasteiger charge is -2.09. The van der Waals surface area contributed by atoms with E-state index in [2.05, 4.69) is 21.0 Å². The topological polar surface area (TPSA) is 100 Å². The molecule has 0 spiro atoms. The minimum atomic E-state index is -0.527. The van der Waals surface area contributed by atoms with Crippen LogP contribution in [0.25, 0.3) is 22.3 Å². The number of anilines is 1. The molecule has 26 heavy (non-hydrogen) atoms. The van der Waals surface area contributed by atoms with Gasteiger partial charge in [-0.2, -0.15) is 9.61 Å². The third-order valence-electron chi connectivity index (χ3n) is 4.22. The van der Waals surface area contributed by atoms with E-state index >= 15 is 0 Å². The van der Waals surface area contributed by atoms with E-state index in [0.29, 0.717) is 17.3 Å². The van der Waals surface area contributed by atoms with Crippen molar-refractivity contribution in [1.82, 2.24) is 25.2 Å². The second kappa shape index (κ2) is 5.67. The minimum absolute atomic E-state index is 0.185. The summed E-state index contributed by atoms with van der Waals surface area (Å²) >= 11 is 1.61. The van der Waals surface area contributed by atoms with Crippen molar-refractivity contribution in [2.45, 2.75) is 18.9 Å². The van der Waals surface area contributed by atoms with Crippen LogP contribution in [0.1, 0.15) is 18.4 Å². The van der Waals surface area contributed by atoms with E-state index in [9.17, 15) is 9.59 Å². The maximum Gasteiger partial charge on any atom is 0.326 e. The van der Waals surface area contributed by atoms with Crippen LogP contribution in [-0.4, -0.2) is 32.6 Å². The van der Waals surface area contributed by atoms with Gasteiger partial charge in [-0.25, -0.2) is 9.78 Å². The number of urea groups is 1. The number of rotatable bonds is 4. The molecule has 3 amide bonds. The smallest absolute Gasteiger partial charge is 0.326 e. The SMILES string of the molecule is O=C1NC(=O)/C(=C/c2cnn3c(NC4CC4)cc(-c4cccs4)nc23)N1. The maximum absolute atomic E-state index is 11.8. The highest BCUT2D eigenvalue weighted by atomic mass is 32.1. The van der Waals surface area contributed by atoms with Gasteiger partial charge >= 0.3 is 6.03 Å². The molecule has 1 aliphatic heterocycles. The molecule has 5 rings (SSSR count). The van der Waals surface area contributed by atoms with E-state index in [1.807, 2.05) is 23.6 Å². The molecule has 3 aromatic heterocycles. The van der Waals surface area contributed by atoms with Crippen molar-refractivity contribution in [2.24, 2.45) is 0 Å². The summed E-state index contributed by atoms with van der Waals surface area (Å²) in [4.78, 5) is 28.9. The van der Waals surface area contributed by atoms with Crippen LogP contribution in [0.3, 0.4) is 0 Å². The van der Waals surface area contributed by atoms with Gasteiger partial charge in [0.2, 0.25) is 0 Å². The Bertz CT molecular complexity index is 1060. The largest absolute Gasteiger partial charge is 0.367 e. The summed E-state index contributed by atoms with van der Waals surface area (Å²) in [5, 5.41) is 14.6. The molecule has 2 aliphatic rings. The van der Waals surface area contributed by atoms with E-state index in [0.717, 1.165) is 29.2 Å². The van der Waals surface area contributed by atoms with Crippen molar-refractivity contribution in [3.05, 3.63) is 41.0 Å². The molecule has 2 fully saturated rings. The third-order valence-corrected chi connectivity index (χ3v) is 5.11. The highest BCUT2D eigenvalue weighted by molar-refractivity contribution is 7.13. The lowest BCUT2D eigenvalue weighted by molar-refractivity contribution is -0.115. The van der Waals surface area contributed by atoms with Crippen molar-refractivity contribution in [3.8, 4) is 10.6 Å². The number of nitrogens with zero attached hydrogens (tertiary/aromatic N) is 3. The normalized spacial score (nSPS) is 18.4. The average molecular weight is 366 g/mol. The van der Waals surface area contributed by atoms with Crippen LogP contribution in [0.5, 0.6) is 0 Å². The quantitative estimate of drug-likeness (QED) is 0.486. The molecule has 130 valence electrons. The van der Waals surface area contributed by atoms with Gasteiger partial charge in [0.1, 0.15) is 11.5 Å². The van der Waals surface area contributed by atoms with Crippen molar-refractivity contribution in [1.29, 1.82) is 0 Å². The predicted molar refractivity (Wildman–Crippen MR) is 97.6 cm³/mol. The summed E-state index contributed by atoms with van der Waals surface area (Å²) in [6.45, 7) is 0. The second-order valence-electron chi connectivity index (χ2n) is 6.22. The van der Waals surface area contributed by atoms with Crippen LogP contribution >= 0.6 is 11.3 Å². The van der Waals surface area contributed by atoms with Gasteiger partial charge < -0.3 is 10.6 Å². The zero-order chi connectivity index (χ0) is 17.7. The Balaban J connectivity index is 1.65. The molecular weight excluding hydrogens is 352 g/mol. The average Bonchev–Trinajstić information content (AvgIpc) is 3.01. The number of carbonyl (C=O) groups is 2. The highest BCUT2D eigenvalue weighted by Crippen LogP contribution is 2.30. The van der Waals surface area contributed by atoms with Gasteiger partial charge in [-0.05, 0) is 30.4 Å². The molecule has 8 nitrogen and oxygen atoms in total. The van der Waals surface area contributed by atoms with E-state index in [4.69, 9.17) is 4.98 Å². The van der Waals surface area contributed by atoms with Gasteiger partial charge in [0, 0.05) is 17.7 Å². The molecule has 0 atom stereocenters. The fourth-order valence-electron chi connectivity index (χ4n) is 2.81. The number of thiophene rings is 1. The zero-order valence-corrected chi connectivity index (χ0v) is 14.3. The van der Waals surface area contributed by atoms with Gasteiger partial charge in [-0.15, -0.1) is 11.3 Å². The van der Waals surface area contributed by atoms with Gasteiger partial charge in [0.15, 0.2) is 5.65 Å². The zero-order valence-electron chi connectivity index (χ0n) is 13.5. The Labute approximate surface area is 151 Å². The fourth-order valence-corrected chi connectivity index (χ4v) is 3.50. The molecule has 9 heteroatoms. The molecule has 0 bridgehead atoms. The molecule has 0 aromatic carbocycles. The lowest BCUT2D eigenvalue weighted by Crippen LogP contribution is -2.22. The summed E-state index contributed by atoms with van der Waals surface area (Å²) in [6, 6.07) is 5.93. The first-order valence-electron chi connectivity index (χ1n) is 8.20. The number of hydrogen-bond donors (Lipinski definition) is 3. The molecule has 0 unspecified atom stereocenters. The molecule has 1 saturated heterocycles. The summed E-state index contributed by atoms with van der Waals surface area (Å²) in [5.74, 6) is 0.408. The highest BCUT2D eigenvalue weighted by Gasteiger charge is 2.25. The Morgan fingerprint density at radius 3 is 2.88 bits per heavy atom. The Kier molecular flexibility index (Phi) is 3.29. The number of nitrogens with one attached hydrogen (secondary N) is 3. The van der Waals surface area contributed by atoms with Crippen molar-refractivity contribution < 1.29 is 9.59 Å². The number of fused-ring (bicyclic) bond motifs is 1. The molecule has 0 radical (unpaired) electrons. The first kappa shape index (κ1) is 15.1. The number of carbonyl (C=O) groups excluding carboxylic acids is 2. The molecule has 4 heterocycles. The fraction of sp³-hybridized carbons (Fsp3) is 0.176. The van der Waals surface area contributed by atoms with Gasteiger partial charge in [-0.3, -0.25) is 10.1 Å². The predicted octanol–water partition coefficient (Wildman–Crippen LogP) is 2.21. The van der Waals surface area contributed by atoms with Crippen LogP contribution in [0.4, 0.5) is 10.6 Å². The molecule has 1 saturated carbocycles. The number of amides is 3. The first-order chi connectivity index (χ1) is 12.7. The van der Waals surface area contributed by atoms with Crippen LogP contribution in [-0.2, 0) is 4.79 Å². The summed E-state index contributed by atoms with van der Waals surface area (Å²) < 4.78 is 1.73. The van der Waals surface area contributed by atoms with E-state index in [1.165, 1.54) is 0 Å². The molecular formula is C17H14N6O2S. The van der Waals surface area contributed by atoms with Crippen molar-refractivity contribution >= 4 is 40.8 Å². The standard InChI is InChI=1S/C17H14N6O2S/c24-16-12(21-17(25)22-16)6-9-8-18-23-14(19-10-3-4-10)7-11(20-15(9)23)13-2-1-5-26-13/h1-2,5-8,10,19H,3-4H2,(H2,21,22,24,25)/b12-6-. The Morgan fingerprint density at radius 2 is 2.19 bits per heavy atom. The van der Waals surface area contributed by atoms with Gasteiger partial charge in [-0.1, -0.05) is 6.07 Å². The lowest BCUT2D eigenvalue weighted by atomic mass is 10.2. The van der Waals surface area contributed by atoms with Gasteiger partial charge in [0.05, 0.1) is 16.8 Å². The van der Waals surface area contributed by atoms with Crippen LogP contribution < -0.4 is 16.0 Å². The summed E-state index contributed by atoms with van der Waals surface area (Å²) in [6.07, 6.45) is 5.52. The van der Waals surface area contributed by atoms with E-state index in [-0.39, 0.29) is 5.70 Å². The van der Waals surface area contributed by atoms with Crippen molar-refractivity contribution in [2.75, 3.05) is 5.32 Å². The monoisotopic (exact) mass is 366 g/mol. The van der Waals surface area contributed by atoms with E-state index in [1.54, 1.807) is 28.1 Å². The van der Waals surface area contributed by atoms with Gasteiger partial charge in [0.25, 0.3) is 5.91 Å². The second-order valence-corrected chi connectivity index (χ2v) is 7.17. The number of hydrogen-bond acceptors (Lipinski definition) is 6. The molecule has 3 aromatic rings. The van der Waals surface area contributed by atoms with Crippen LogP contribution in [0, 0.1) is 0 Å². The Morgan fingerprint density at radius 1 is 1.31 bits per heavy atom. The van der Waals surface area contributed by atoms with E-state index < -0.39 is 11.9 Å². The minimum Gasteiger partial charge on any atom is -0.367 e. The van der Waals surface area contributed by atoms with Crippen LogP contribution in [0.2, 0.25) is 0 Å². The maximum atomic E-state index is 11.8. The molecule has 1 aliphatic carbocycles. The summed E-state index contributed by atoms with van der Waals surface area (Å²) in [7, 11) is 0. The summed E-state index contributed by atoms with van der Waals surface area (Å²) in [5.41, 5.74) is 2.32. The number of aromatic nitrogens is 3. The third kappa shape index (κ3) is 2.62. The Hall–Kier alpha value is -3.20. The van der Waals surface area contributed by atoms with Crippen molar-refractivity contribution in [3.63, 3.8) is 0 Å². The number of imide groups is 1. The first-order valence-corrected chi connectivity index (χ1v) is 9.08.